The molecule has 0 bridgehead atoms. The van der Waals surface area contributed by atoms with Gasteiger partial charge in [0.05, 0.1) is 6.10 Å². The van der Waals surface area contributed by atoms with Crippen molar-refractivity contribution >= 4 is 17.5 Å². The van der Waals surface area contributed by atoms with Crippen molar-refractivity contribution in [2.24, 2.45) is 0 Å². The lowest BCUT2D eigenvalue weighted by atomic mass is 10.1. The zero-order chi connectivity index (χ0) is 14.5. The molecule has 1 saturated heterocycles. The molecule has 1 aromatic carbocycles. The molecule has 5 heteroatoms. The van der Waals surface area contributed by atoms with Gasteiger partial charge in [0.1, 0.15) is 0 Å². The standard InChI is InChI=1S/C15H21ClN2O2/c1-12(19)18-8-2-7-17(9-10-18)11-15(20)13-3-5-14(16)6-4-13/h3-6,15,20H,2,7-11H2,1H3/t15-/m1/s1. The van der Waals surface area contributed by atoms with Crippen molar-refractivity contribution in [1.82, 2.24) is 9.80 Å². The van der Waals surface area contributed by atoms with E-state index in [9.17, 15) is 9.90 Å². The Kier molecular flexibility index (Phi) is 5.40. The lowest BCUT2D eigenvalue weighted by Crippen LogP contribution is -2.35. The molecule has 1 N–H and O–H groups in total. The molecule has 1 aromatic rings. The van der Waals surface area contributed by atoms with Gasteiger partial charge in [-0.2, -0.15) is 0 Å². The average molecular weight is 297 g/mol. The molecule has 0 spiro atoms. The fourth-order valence-corrected chi connectivity index (χ4v) is 2.63. The molecule has 1 aliphatic heterocycles. The van der Waals surface area contributed by atoms with Crippen molar-refractivity contribution in [3.05, 3.63) is 34.9 Å². The van der Waals surface area contributed by atoms with Crippen molar-refractivity contribution in [3.63, 3.8) is 0 Å². The minimum Gasteiger partial charge on any atom is -0.387 e. The molecule has 2 rings (SSSR count). The number of halogens is 1. The van der Waals surface area contributed by atoms with Crippen LogP contribution >= 0.6 is 11.6 Å². The van der Waals surface area contributed by atoms with Crippen molar-refractivity contribution in [1.29, 1.82) is 0 Å². The van der Waals surface area contributed by atoms with Crippen LogP contribution in [0.3, 0.4) is 0 Å². The Morgan fingerprint density at radius 3 is 2.60 bits per heavy atom. The van der Waals surface area contributed by atoms with E-state index >= 15 is 0 Å². The number of aliphatic hydroxyl groups is 1. The number of hydrogen-bond acceptors (Lipinski definition) is 3. The number of aliphatic hydroxyl groups excluding tert-OH is 1. The van der Waals surface area contributed by atoms with Crippen LogP contribution in [0, 0.1) is 0 Å². The maximum Gasteiger partial charge on any atom is 0.219 e. The third-order valence-corrected chi connectivity index (χ3v) is 3.97. The summed E-state index contributed by atoms with van der Waals surface area (Å²) >= 11 is 5.85. The fraction of sp³-hybridized carbons (Fsp3) is 0.533. The van der Waals surface area contributed by atoms with Crippen LogP contribution in [0.4, 0.5) is 0 Å². The van der Waals surface area contributed by atoms with Gasteiger partial charge < -0.3 is 10.0 Å². The smallest absolute Gasteiger partial charge is 0.219 e. The molecule has 1 atom stereocenters. The predicted molar refractivity (Wildman–Crippen MR) is 79.7 cm³/mol. The van der Waals surface area contributed by atoms with Crippen LogP contribution in [-0.2, 0) is 4.79 Å². The van der Waals surface area contributed by atoms with E-state index in [-0.39, 0.29) is 5.91 Å². The van der Waals surface area contributed by atoms with E-state index < -0.39 is 6.10 Å². The van der Waals surface area contributed by atoms with Crippen LogP contribution in [0.1, 0.15) is 25.0 Å². The number of hydrogen-bond donors (Lipinski definition) is 1. The topological polar surface area (TPSA) is 43.8 Å². The summed E-state index contributed by atoms with van der Waals surface area (Å²) in [5.41, 5.74) is 0.877. The Hall–Kier alpha value is -1.10. The maximum absolute atomic E-state index is 11.4. The first-order valence-corrected chi connectivity index (χ1v) is 7.35. The molecule has 0 saturated carbocycles. The highest BCUT2D eigenvalue weighted by Gasteiger charge is 2.19. The Morgan fingerprint density at radius 2 is 1.95 bits per heavy atom. The summed E-state index contributed by atoms with van der Waals surface area (Å²) < 4.78 is 0. The third-order valence-electron chi connectivity index (χ3n) is 3.72. The van der Waals surface area contributed by atoms with Crippen molar-refractivity contribution < 1.29 is 9.90 Å². The van der Waals surface area contributed by atoms with Gasteiger partial charge in [-0.15, -0.1) is 0 Å². The van der Waals surface area contributed by atoms with E-state index in [0.717, 1.165) is 38.2 Å². The van der Waals surface area contributed by atoms with Gasteiger partial charge in [0.2, 0.25) is 5.91 Å². The fourth-order valence-electron chi connectivity index (χ4n) is 2.50. The van der Waals surface area contributed by atoms with Gasteiger partial charge in [-0.25, -0.2) is 0 Å². The maximum atomic E-state index is 11.4. The molecule has 1 fully saturated rings. The van der Waals surface area contributed by atoms with Gasteiger partial charge in [0, 0.05) is 44.7 Å². The van der Waals surface area contributed by atoms with Gasteiger partial charge in [-0.05, 0) is 24.1 Å². The number of carbonyl (C=O) groups excluding carboxylic acids is 1. The molecule has 0 radical (unpaired) electrons. The normalized spacial score (nSPS) is 18.6. The van der Waals surface area contributed by atoms with Crippen molar-refractivity contribution in [2.75, 3.05) is 32.7 Å². The van der Waals surface area contributed by atoms with Gasteiger partial charge in [-0.1, -0.05) is 23.7 Å². The predicted octanol–water partition coefficient (Wildman–Crippen LogP) is 1.93. The number of carbonyl (C=O) groups is 1. The molecular weight excluding hydrogens is 276 g/mol. The molecular formula is C15H21ClN2O2. The molecule has 1 aliphatic rings. The second-order valence-corrected chi connectivity index (χ2v) is 5.66. The van der Waals surface area contributed by atoms with Gasteiger partial charge in [0.15, 0.2) is 0 Å². The summed E-state index contributed by atoms with van der Waals surface area (Å²) in [6.45, 7) is 5.47. The molecule has 110 valence electrons. The van der Waals surface area contributed by atoms with Crippen LogP contribution in [0.2, 0.25) is 5.02 Å². The van der Waals surface area contributed by atoms with Crippen LogP contribution in [0.15, 0.2) is 24.3 Å². The first-order valence-electron chi connectivity index (χ1n) is 6.97. The van der Waals surface area contributed by atoms with Crippen molar-refractivity contribution in [2.45, 2.75) is 19.4 Å². The van der Waals surface area contributed by atoms with E-state index in [0.29, 0.717) is 11.6 Å². The van der Waals surface area contributed by atoms with Crippen LogP contribution in [-0.4, -0.2) is 53.5 Å². The molecule has 0 aromatic heterocycles. The number of β-amino-alcohol motifs (C(OH)–C–C–N with tert-alkyl or cyclic N) is 1. The average Bonchev–Trinajstić information content (AvgIpc) is 2.65. The molecule has 4 nitrogen and oxygen atoms in total. The molecule has 1 heterocycles. The lowest BCUT2D eigenvalue weighted by molar-refractivity contribution is -0.128. The Morgan fingerprint density at radius 1 is 1.25 bits per heavy atom. The SMILES string of the molecule is CC(=O)N1CCCN(C[C@@H](O)c2ccc(Cl)cc2)CC1. The zero-order valence-electron chi connectivity index (χ0n) is 11.8. The number of nitrogens with zero attached hydrogens (tertiary/aromatic N) is 2. The van der Waals surface area contributed by atoms with Crippen LogP contribution in [0.5, 0.6) is 0 Å². The van der Waals surface area contributed by atoms with Crippen molar-refractivity contribution in [3.8, 4) is 0 Å². The molecule has 0 unspecified atom stereocenters. The minimum atomic E-state index is -0.517. The van der Waals surface area contributed by atoms with Gasteiger partial charge in [0.25, 0.3) is 0 Å². The van der Waals surface area contributed by atoms with Gasteiger partial charge >= 0.3 is 0 Å². The third kappa shape index (κ3) is 4.20. The molecule has 1 amide bonds. The minimum absolute atomic E-state index is 0.130. The largest absolute Gasteiger partial charge is 0.387 e. The summed E-state index contributed by atoms with van der Waals surface area (Å²) in [6, 6.07) is 7.29. The number of benzene rings is 1. The van der Waals surface area contributed by atoms with Crippen LogP contribution < -0.4 is 0 Å². The second-order valence-electron chi connectivity index (χ2n) is 5.23. The van der Waals surface area contributed by atoms with E-state index in [2.05, 4.69) is 4.90 Å². The number of rotatable bonds is 3. The van der Waals surface area contributed by atoms with Gasteiger partial charge in [-0.3, -0.25) is 9.69 Å². The van der Waals surface area contributed by atoms with Crippen LogP contribution in [0.25, 0.3) is 0 Å². The first kappa shape index (κ1) is 15.3. The van der Waals surface area contributed by atoms with E-state index in [1.54, 1.807) is 19.1 Å². The quantitative estimate of drug-likeness (QED) is 0.927. The van der Waals surface area contributed by atoms with E-state index in [1.165, 1.54) is 0 Å². The number of amides is 1. The summed E-state index contributed by atoms with van der Waals surface area (Å²) in [4.78, 5) is 15.5. The second kappa shape index (κ2) is 7.07. The highest BCUT2D eigenvalue weighted by atomic mass is 35.5. The Balaban J connectivity index is 1.89. The van der Waals surface area contributed by atoms with E-state index in [4.69, 9.17) is 11.6 Å². The monoisotopic (exact) mass is 296 g/mol. The summed E-state index contributed by atoms with van der Waals surface area (Å²) in [5.74, 6) is 0.130. The zero-order valence-corrected chi connectivity index (χ0v) is 12.5. The lowest BCUT2D eigenvalue weighted by Gasteiger charge is -2.23. The highest BCUT2D eigenvalue weighted by molar-refractivity contribution is 6.30. The summed E-state index contributed by atoms with van der Waals surface area (Å²) in [5, 5.41) is 10.9. The first-order chi connectivity index (χ1) is 9.56. The Bertz CT molecular complexity index is 450. The molecule has 20 heavy (non-hydrogen) atoms. The summed E-state index contributed by atoms with van der Waals surface area (Å²) in [6.07, 6.45) is 0.434. The Labute approximate surface area is 124 Å². The summed E-state index contributed by atoms with van der Waals surface area (Å²) in [7, 11) is 0. The molecule has 0 aliphatic carbocycles. The highest BCUT2D eigenvalue weighted by Crippen LogP contribution is 2.18. The van der Waals surface area contributed by atoms with E-state index in [1.807, 2.05) is 17.0 Å².